The molecule has 0 aromatic heterocycles. The number of rotatable bonds is 7. The maximum Gasteiger partial charge on any atom is 0.261 e. The lowest BCUT2D eigenvalue weighted by atomic mass is 10.1. The van der Waals surface area contributed by atoms with Crippen molar-refractivity contribution >= 4 is 12.0 Å². The largest absolute Gasteiger partial charge is 0.480 e. The standard InChI is InChI=1S/C17H18N2O2/c1-3-5-10-19-17(20)15(13-18)12-14-8-6-7-9-16(14)21-11-4-2/h2,6-9,12H,3,5,10-11H2,1H3,(H,19,20)/b15-12+. The van der Waals surface area contributed by atoms with E-state index in [9.17, 15) is 4.79 Å². The molecule has 1 aromatic carbocycles. The molecule has 1 rings (SSSR count). The summed E-state index contributed by atoms with van der Waals surface area (Å²) >= 11 is 0. The fraction of sp³-hybridized carbons (Fsp3) is 0.294. The van der Waals surface area contributed by atoms with Gasteiger partial charge in [0, 0.05) is 12.1 Å². The molecule has 0 radical (unpaired) electrons. The third-order valence-corrected chi connectivity index (χ3v) is 2.71. The summed E-state index contributed by atoms with van der Waals surface area (Å²) in [6.45, 7) is 2.73. The number of para-hydroxylation sites is 1. The molecule has 0 aliphatic carbocycles. The lowest BCUT2D eigenvalue weighted by molar-refractivity contribution is -0.117. The minimum atomic E-state index is -0.377. The predicted octanol–water partition coefficient (Wildman–Crippen LogP) is 2.52. The van der Waals surface area contributed by atoms with E-state index in [0.717, 1.165) is 12.8 Å². The molecule has 1 amide bonds. The Hall–Kier alpha value is -2.72. The van der Waals surface area contributed by atoms with Crippen molar-refractivity contribution in [2.75, 3.05) is 13.2 Å². The first-order chi connectivity index (χ1) is 10.2. The molecule has 0 saturated carbocycles. The maximum absolute atomic E-state index is 11.9. The summed E-state index contributed by atoms with van der Waals surface area (Å²) < 4.78 is 5.39. The first-order valence-electron chi connectivity index (χ1n) is 6.78. The predicted molar refractivity (Wildman–Crippen MR) is 82.3 cm³/mol. The highest BCUT2D eigenvalue weighted by Gasteiger charge is 2.09. The van der Waals surface area contributed by atoms with Crippen LogP contribution >= 0.6 is 0 Å². The van der Waals surface area contributed by atoms with Crippen molar-refractivity contribution in [2.24, 2.45) is 0 Å². The lowest BCUT2D eigenvalue weighted by Crippen LogP contribution is -2.25. The number of nitriles is 1. The number of nitrogens with one attached hydrogen (secondary N) is 1. The molecule has 0 bridgehead atoms. The fourth-order valence-corrected chi connectivity index (χ4v) is 1.63. The first kappa shape index (κ1) is 16.3. The number of nitrogens with zero attached hydrogens (tertiary/aromatic N) is 1. The zero-order chi connectivity index (χ0) is 15.5. The van der Waals surface area contributed by atoms with Crippen LogP contribution in [0.25, 0.3) is 6.08 Å². The quantitative estimate of drug-likeness (QED) is 0.362. The van der Waals surface area contributed by atoms with Crippen LogP contribution in [0, 0.1) is 23.7 Å². The summed E-state index contributed by atoms with van der Waals surface area (Å²) in [7, 11) is 0. The highest BCUT2D eigenvalue weighted by atomic mass is 16.5. The molecule has 0 unspecified atom stereocenters. The molecule has 0 fully saturated rings. The molecule has 108 valence electrons. The summed E-state index contributed by atoms with van der Waals surface area (Å²) in [6, 6.07) is 9.03. The molecule has 0 heterocycles. The van der Waals surface area contributed by atoms with E-state index in [1.54, 1.807) is 24.3 Å². The third-order valence-electron chi connectivity index (χ3n) is 2.71. The van der Waals surface area contributed by atoms with Crippen molar-refractivity contribution in [3.8, 4) is 24.2 Å². The Morgan fingerprint density at radius 1 is 1.48 bits per heavy atom. The van der Waals surface area contributed by atoms with Gasteiger partial charge in [0.25, 0.3) is 5.91 Å². The van der Waals surface area contributed by atoms with Gasteiger partial charge in [0.15, 0.2) is 0 Å². The topological polar surface area (TPSA) is 62.1 Å². The van der Waals surface area contributed by atoms with Gasteiger partial charge >= 0.3 is 0 Å². The van der Waals surface area contributed by atoms with Gasteiger partial charge in [-0.25, -0.2) is 0 Å². The zero-order valence-corrected chi connectivity index (χ0v) is 12.1. The molecule has 1 aromatic rings. The van der Waals surface area contributed by atoms with Gasteiger partial charge in [-0.15, -0.1) is 6.42 Å². The van der Waals surface area contributed by atoms with Crippen LogP contribution in [0.5, 0.6) is 5.75 Å². The Kier molecular flexibility index (Phi) is 7.18. The molecule has 0 spiro atoms. The average molecular weight is 282 g/mol. The van der Waals surface area contributed by atoms with Gasteiger partial charge < -0.3 is 10.1 Å². The van der Waals surface area contributed by atoms with Crippen LogP contribution < -0.4 is 10.1 Å². The van der Waals surface area contributed by atoms with Crippen LogP contribution in [0.3, 0.4) is 0 Å². The molecule has 0 atom stereocenters. The van der Waals surface area contributed by atoms with Crippen molar-refractivity contribution in [1.29, 1.82) is 5.26 Å². The minimum absolute atomic E-state index is 0.0443. The van der Waals surface area contributed by atoms with E-state index in [-0.39, 0.29) is 18.1 Å². The average Bonchev–Trinajstić information content (AvgIpc) is 2.51. The SMILES string of the molecule is C#CCOc1ccccc1/C=C(\C#N)C(=O)NCCCC. The van der Waals surface area contributed by atoms with Crippen LogP contribution in [0.1, 0.15) is 25.3 Å². The van der Waals surface area contributed by atoms with Crippen LogP contribution in [0.4, 0.5) is 0 Å². The normalized spacial score (nSPS) is 10.3. The van der Waals surface area contributed by atoms with Crippen molar-refractivity contribution in [3.63, 3.8) is 0 Å². The Balaban J connectivity index is 2.90. The molecule has 4 nitrogen and oxygen atoms in total. The Morgan fingerprint density at radius 3 is 2.90 bits per heavy atom. The van der Waals surface area contributed by atoms with Gasteiger partial charge in [0.2, 0.25) is 0 Å². The molecule has 4 heteroatoms. The van der Waals surface area contributed by atoms with Crippen molar-refractivity contribution in [1.82, 2.24) is 5.32 Å². The Bertz CT molecular complexity index is 592. The summed E-state index contributed by atoms with van der Waals surface area (Å²) in [4.78, 5) is 11.9. The number of benzene rings is 1. The fourth-order valence-electron chi connectivity index (χ4n) is 1.63. The number of amides is 1. The molecular formula is C17H18N2O2. The van der Waals surface area contributed by atoms with E-state index >= 15 is 0 Å². The molecule has 0 aliphatic rings. The van der Waals surface area contributed by atoms with Gasteiger partial charge in [0.05, 0.1) is 0 Å². The highest BCUT2D eigenvalue weighted by Crippen LogP contribution is 2.20. The van der Waals surface area contributed by atoms with Gasteiger partial charge in [0.1, 0.15) is 24.0 Å². The van der Waals surface area contributed by atoms with Crippen LogP contribution in [-0.4, -0.2) is 19.1 Å². The maximum atomic E-state index is 11.9. The Morgan fingerprint density at radius 2 is 2.24 bits per heavy atom. The molecule has 0 saturated heterocycles. The number of hydrogen-bond acceptors (Lipinski definition) is 3. The van der Waals surface area contributed by atoms with Crippen LogP contribution in [0.2, 0.25) is 0 Å². The van der Waals surface area contributed by atoms with E-state index in [0.29, 0.717) is 17.9 Å². The summed E-state index contributed by atoms with van der Waals surface area (Å²) in [6.07, 6.45) is 8.53. The smallest absolute Gasteiger partial charge is 0.261 e. The van der Waals surface area contributed by atoms with Gasteiger partial charge in [-0.2, -0.15) is 5.26 Å². The number of ether oxygens (including phenoxy) is 1. The molecule has 0 aliphatic heterocycles. The van der Waals surface area contributed by atoms with Crippen molar-refractivity contribution < 1.29 is 9.53 Å². The van der Waals surface area contributed by atoms with Gasteiger partial charge in [-0.1, -0.05) is 37.5 Å². The van der Waals surface area contributed by atoms with E-state index in [2.05, 4.69) is 11.2 Å². The number of carbonyl (C=O) groups excluding carboxylic acids is 1. The summed E-state index contributed by atoms with van der Waals surface area (Å²) in [5.41, 5.74) is 0.692. The monoisotopic (exact) mass is 282 g/mol. The van der Waals surface area contributed by atoms with Crippen LogP contribution in [-0.2, 0) is 4.79 Å². The van der Waals surface area contributed by atoms with E-state index in [4.69, 9.17) is 16.4 Å². The Labute approximate surface area is 125 Å². The van der Waals surface area contributed by atoms with E-state index in [1.165, 1.54) is 6.08 Å². The summed E-state index contributed by atoms with van der Waals surface area (Å²) in [5.74, 6) is 2.55. The summed E-state index contributed by atoms with van der Waals surface area (Å²) in [5, 5.41) is 11.8. The van der Waals surface area contributed by atoms with E-state index in [1.807, 2.05) is 13.0 Å². The second-order valence-electron chi connectivity index (χ2n) is 4.31. The molecular weight excluding hydrogens is 264 g/mol. The van der Waals surface area contributed by atoms with Gasteiger partial charge in [-0.3, -0.25) is 4.79 Å². The second-order valence-corrected chi connectivity index (χ2v) is 4.31. The molecule has 1 N–H and O–H groups in total. The number of hydrogen-bond donors (Lipinski definition) is 1. The van der Waals surface area contributed by atoms with Crippen LogP contribution in [0.15, 0.2) is 29.8 Å². The van der Waals surface area contributed by atoms with Gasteiger partial charge in [-0.05, 0) is 18.6 Å². The highest BCUT2D eigenvalue weighted by molar-refractivity contribution is 6.01. The van der Waals surface area contributed by atoms with Crippen molar-refractivity contribution in [3.05, 3.63) is 35.4 Å². The second kappa shape index (κ2) is 9.23. The minimum Gasteiger partial charge on any atom is -0.480 e. The van der Waals surface area contributed by atoms with E-state index < -0.39 is 0 Å². The number of unbranched alkanes of at least 4 members (excludes halogenated alkanes) is 1. The third kappa shape index (κ3) is 5.42. The molecule has 21 heavy (non-hydrogen) atoms. The first-order valence-corrected chi connectivity index (χ1v) is 6.78. The lowest BCUT2D eigenvalue weighted by Gasteiger charge is -2.07. The zero-order valence-electron chi connectivity index (χ0n) is 12.1. The van der Waals surface area contributed by atoms with Crippen molar-refractivity contribution in [2.45, 2.75) is 19.8 Å². The number of carbonyl (C=O) groups is 1. The number of terminal acetylenes is 1.